The van der Waals surface area contributed by atoms with Gasteiger partial charge in [0.05, 0.1) is 18.3 Å². The van der Waals surface area contributed by atoms with E-state index in [2.05, 4.69) is 0 Å². The highest BCUT2D eigenvalue weighted by molar-refractivity contribution is 6.27. The molecule has 0 unspecified atom stereocenters. The molecule has 116 valence electrons. The van der Waals surface area contributed by atoms with Gasteiger partial charge in [0.15, 0.2) is 0 Å². The number of halogens is 1. The normalized spacial score (nSPS) is 10.7. The number of rotatable bonds is 8. The van der Waals surface area contributed by atoms with Crippen LogP contribution >= 0.6 is 11.6 Å². The second-order valence-electron chi connectivity index (χ2n) is 4.87. The quantitative estimate of drug-likeness (QED) is 0.748. The number of aromatic carboxylic acids is 1. The lowest BCUT2D eigenvalue weighted by atomic mass is 10.1. The van der Waals surface area contributed by atoms with Crippen molar-refractivity contribution in [3.8, 4) is 0 Å². The minimum atomic E-state index is -0.972. The van der Waals surface area contributed by atoms with Crippen LogP contribution in [0.1, 0.15) is 29.8 Å². The number of hydrogen-bond donors (Lipinski definition) is 1. The van der Waals surface area contributed by atoms with Gasteiger partial charge in [-0.25, -0.2) is 4.79 Å². The molecule has 6 heteroatoms. The summed E-state index contributed by atoms with van der Waals surface area (Å²) in [5.41, 5.74) is 1.07. The number of alkyl halides is 1. The van der Waals surface area contributed by atoms with Crippen LogP contribution in [-0.4, -0.2) is 47.0 Å². The van der Waals surface area contributed by atoms with E-state index in [1.807, 2.05) is 13.8 Å². The maximum absolute atomic E-state index is 11.8. The Balaban J connectivity index is 2.66. The first-order chi connectivity index (χ1) is 9.93. The molecule has 0 spiro atoms. The van der Waals surface area contributed by atoms with Gasteiger partial charge in [-0.2, -0.15) is 0 Å². The minimum Gasteiger partial charge on any atom is -0.478 e. The molecule has 0 saturated carbocycles. The van der Waals surface area contributed by atoms with Crippen LogP contribution < -0.4 is 0 Å². The molecule has 0 fully saturated rings. The van der Waals surface area contributed by atoms with Gasteiger partial charge in [0.2, 0.25) is 5.91 Å². The summed E-state index contributed by atoms with van der Waals surface area (Å²) in [6.45, 7) is 5.13. The predicted octanol–water partition coefficient (Wildman–Crippen LogP) is 2.38. The maximum Gasteiger partial charge on any atom is 0.335 e. The highest BCUT2D eigenvalue weighted by atomic mass is 35.5. The first-order valence-corrected chi connectivity index (χ1v) is 7.25. The third kappa shape index (κ3) is 6.14. The molecule has 1 rings (SSSR count). The average Bonchev–Trinajstić information content (AvgIpc) is 2.45. The molecule has 1 N–H and O–H groups in total. The van der Waals surface area contributed by atoms with Crippen molar-refractivity contribution in [1.29, 1.82) is 0 Å². The lowest BCUT2D eigenvalue weighted by molar-refractivity contribution is -0.130. The average molecular weight is 314 g/mol. The zero-order chi connectivity index (χ0) is 15.8. The Morgan fingerprint density at radius 1 is 1.29 bits per heavy atom. The van der Waals surface area contributed by atoms with Crippen molar-refractivity contribution in [2.75, 3.05) is 19.0 Å². The van der Waals surface area contributed by atoms with Gasteiger partial charge in [0.25, 0.3) is 0 Å². The van der Waals surface area contributed by atoms with E-state index in [0.717, 1.165) is 5.56 Å². The molecule has 5 nitrogen and oxygen atoms in total. The molecule has 21 heavy (non-hydrogen) atoms. The van der Waals surface area contributed by atoms with E-state index >= 15 is 0 Å². The van der Waals surface area contributed by atoms with E-state index < -0.39 is 5.97 Å². The molecular weight excluding hydrogens is 294 g/mol. The second kappa shape index (κ2) is 8.64. The van der Waals surface area contributed by atoms with E-state index in [9.17, 15) is 9.59 Å². The summed E-state index contributed by atoms with van der Waals surface area (Å²) in [5.74, 6) is -1.23. The number of hydrogen-bond acceptors (Lipinski definition) is 3. The summed E-state index contributed by atoms with van der Waals surface area (Å²) in [7, 11) is 0. The third-order valence-corrected chi connectivity index (χ3v) is 3.08. The summed E-state index contributed by atoms with van der Waals surface area (Å²) < 4.78 is 5.44. The molecule has 1 amide bonds. The molecule has 1 aromatic carbocycles. The maximum atomic E-state index is 11.8. The van der Waals surface area contributed by atoms with E-state index in [4.69, 9.17) is 21.4 Å². The van der Waals surface area contributed by atoms with Gasteiger partial charge in [0.1, 0.15) is 5.88 Å². The first-order valence-electron chi connectivity index (χ1n) is 6.71. The Morgan fingerprint density at radius 3 is 2.38 bits per heavy atom. The van der Waals surface area contributed by atoms with Crippen molar-refractivity contribution in [2.45, 2.75) is 26.5 Å². The van der Waals surface area contributed by atoms with Gasteiger partial charge in [-0.1, -0.05) is 12.1 Å². The van der Waals surface area contributed by atoms with Crippen LogP contribution in [0.15, 0.2) is 24.3 Å². The van der Waals surface area contributed by atoms with E-state index in [1.165, 1.54) is 12.1 Å². The SMILES string of the molecule is CC(C)OCCN(Cc1ccc(C(=O)O)cc1)C(=O)CCl. The number of carboxylic acids is 1. The third-order valence-electron chi connectivity index (χ3n) is 2.85. The van der Waals surface area contributed by atoms with Crippen molar-refractivity contribution in [3.63, 3.8) is 0 Å². The second-order valence-corrected chi connectivity index (χ2v) is 5.14. The van der Waals surface area contributed by atoms with Crippen LogP contribution in [0.2, 0.25) is 0 Å². The monoisotopic (exact) mass is 313 g/mol. The van der Waals surface area contributed by atoms with Crippen molar-refractivity contribution in [2.24, 2.45) is 0 Å². The lowest BCUT2D eigenvalue weighted by Crippen LogP contribution is -2.34. The number of benzene rings is 1. The summed E-state index contributed by atoms with van der Waals surface area (Å²) >= 11 is 5.61. The van der Waals surface area contributed by atoms with Crippen molar-refractivity contribution in [3.05, 3.63) is 35.4 Å². The topological polar surface area (TPSA) is 66.8 Å². The molecule has 0 saturated heterocycles. The number of carbonyl (C=O) groups is 2. The molecule has 0 atom stereocenters. The van der Waals surface area contributed by atoms with Crippen LogP contribution in [0.4, 0.5) is 0 Å². The van der Waals surface area contributed by atoms with Gasteiger partial charge in [-0.15, -0.1) is 11.6 Å². The Morgan fingerprint density at radius 2 is 1.90 bits per heavy atom. The molecule has 0 aliphatic carbocycles. The zero-order valence-electron chi connectivity index (χ0n) is 12.2. The smallest absolute Gasteiger partial charge is 0.335 e. The minimum absolute atomic E-state index is 0.0884. The van der Waals surface area contributed by atoms with E-state index in [1.54, 1.807) is 17.0 Å². The van der Waals surface area contributed by atoms with Gasteiger partial charge < -0.3 is 14.7 Å². The van der Waals surface area contributed by atoms with E-state index in [-0.39, 0.29) is 23.5 Å². The predicted molar refractivity (Wildman–Crippen MR) is 80.6 cm³/mol. The molecule has 1 aromatic rings. The number of carbonyl (C=O) groups excluding carboxylic acids is 1. The summed E-state index contributed by atoms with van der Waals surface area (Å²) in [6.07, 6.45) is 0.104. The summed E-state index contributed by atoms with van der Waals surface area (Å²) in [6, 6.07) is 6.43. The van der Waals surface area contributed by atoms with Crippen molar-refractivity contribution >= 4 is 23.5 Å². The van der Waals surface area contributed by atoms with Gasteiger partial charge >= 0.3 is 5.97 Å². The van der Waals surface area contributed by atoms with Gasteiger partial charge in [-0.05, 0) is 31.5 Å². The highest BCUT2D eigenvalue weighted by Gasteiger charge is 2.13. The fraction of sp³-hybridized carbons (Fsp3) is 0.467. The van der Waals surface area contributed by atoms with Crippen LogP contribution in [0.25, 0.3) is 0 Å². The Hall–Kier alpha value is -1.59. The van der Waals surface area contributed by atoms with Gasteiger partial charge in [0, 0.05) is 13.1 Å². The largest absolute Gasteiger partial charge is 0.478 e. The number of nitrogens with zero attached hydrogens (tertiary/aromatic N) is 1. The van der Waals surface area contributed by atoms with Crippen LogP contribution in [0.3, 0.4) is 0 Å². The highest BCUT2D eigenvalue weighted by Crippen LogP contribution is 2.09. The molecule has 0 heterocycles. The van der Waals surface area contributed by atoms with Crippen molar-refractivity contribution in [1.82, 2.24) is 4.90 Å². The molecule has 0 aliphatic heterocycles. The first kappa shape index (κ1) is 17.5. The fourth-order valence-electron chi connectivity index (χ4n) is 1.75. The molecular formula is C15H20ClNO4. The fourth-order valence-corrected chi connectivity index (χ4v) is 1.92. The molecule has 0 radical (unpaired) electrons. The Kier molecular flexibility index (Phi) is 7.19. The molecule has 0 bridgehead atoms. The lowest BCUT2D eigenvalue weighted by Gasteiger charge is -2.22. The number of amides is 1. The summed E-state index contributed by atoms with van der Waals surface area (Å²) in [5, 5.41) is 8.85. The van der Waals surface area contributed by atoms with Crippen LogP contribution in [0.5, 0.6) is 0 Å². The number of ether oxygens (including phenoxy) is 1. The van der Waals surface area contributed by atoms with Crippen LogP contribution in [0, 0.1) is 0 Å². The summed E-state index contributed by atoms with van der Waals surface area (Å²) in [4.78, 5) is 24.2. The molecule has 0 aromatic heterocycles. The standard InChI is InChI=1S/C15H20ClNO4/c1-11(2)21-8-7-17(14(18)9-16)10-12-3-5-13(6-4-12)15(19)20/h3-6,11H,7-10H2,1-2H3,(H,19,20). The number of carboxylic acid groups (broad SMARTS) is 1. The zero-order valence-corrected chi connectivity index (χ0v) is 13.0. The van der Waals surface area contributed by atoms with Crippen molar-refractivity contribution < 1.29 is 19.4 Å². The van der Waals surface area contributed by atoms with Crippen LogP contribution in [-0.2, 0) is 16.1 Å². The Bertz CT molecular complexity index is 473. The molecule has 0 aliphatic rings. The van der Waals surface area contributed by atoms with E-state index in [0.29, 0.717) is 19.7 Å². The Labute approximate surface area is 129 Å². The van der Waals surface area contributed by atoms with Gasteiger partial charge in [-0.3, -0.25) is 4.79 Å².